The van der Waals surface area contributed by atoms with Crippen molar-refractivity contribution >= 4 is 15.5 Å². The number of aromatic nitrogens is 1. The first kappa shape index (κ1) is 21.0. The number of anilines is 1. The van der Waals surface area contributed by atoms with Crippen LogP contribution in [0.1, 0.15) is 24.2 Å². The molecule has 31 heavy (non-hydrogen) atoms. The highest BCUT2D eigenvalue weighted by Gasteiger charge is 2.19. The van der Waals surface area contributed by atoms with Gasteiger partial charge < -0.3 is 19.9 Å². The number of nitrogen functional groups attached to an aromatic ring is 1. The van der Waals surface area contributed by atoms with E-state index in [2.05, 4.69) is 4.98 Å². The first-order valence-electron chi connectivity index (χ1n) is 9.89. The zero-order chi connectivity index (χ0) is 22.2. The maximum atomic E-state index is 12.3. The number of benzene rings is 2. The monoisotopic (exact) mass is 439 g/mol. The van der Waals surface area contributed by atoms with E-state index in [-0.39, 0.29) is 11.9 Å². The van der Waals surface area contributed by atoms with E-state index in [4.69, 9.17) is 24.7 Å². The third-order valence-electron chi connectivity index (χ3n) is 5.10. The van der Waals surface area contributed by atoms with Gasteiger partial charge in [-0.05, 0) is 50.2 Å². The van der Waals surface area contributed by atoms with E-state index in [0.717, 1.165) is 16.9 Å². The normalized spacial score (nSPS) is 17.7. The molecule has 2 aromatic carbocycles. The molecular formula is C23H25N3O4S. The zero-order valence-electron chi connectivity index (χ0n) is 17.7. The third kappa shape index (κ3) is 4.44. The van der Waals surface area contributed by atoms with Crippen molar-refractivity contribution in [3.63, 3.8) is 0 Å². The summed E-state index contributed by atoms with van der Waals surface area (Å²) in [5.74, 6) is 1.99. The van der Waals surface area contributed by atoms with Crippen LogP contribution in [-0.2, 0) is 9.73 Å². The van der Waals surface area contributed by atoms with Crippen LogP contribution in [0, 0.1) is 11.7 Å². The summed E-state index contributed by atoms with van der Waals surface area (Å²) in [6, 6.07) is 12.8. The van der Waals surface area contributed by atoms with Gasteiger partial charge in [0.2, 0.25) is 0 Å². The number of hydrogen-bond acceptors (Lipinski definition) is 7. The smallest absolute Gasteiger partial charge is 0.166 e. The molecule has 0 spiro atoms. The van der Waals surface area contributed by atoms with Crippen molar-refractivity contribution in [1.29, 1.82) is 4.78 Å². The fraction of sp³-hybridized carbons (Fsp3) is 0.261. The Kier molecular flexibility index (Phi) is 5.49. The molecule has 7 nitrogen and oxygen atoms in total. The standard InChI is InChI=1S/C23H25N3O4S/c1-14-4-6-20-18(10-14)15(2)30-22-11-16(13-26-23(22)24)19-12-17(31(3,25)27)5-7-21(19)29-9-8-28-20/h4-7,10-13,15,25H,8-9H2,1-3H3,(H2,24,26)/t15-,31?/m1/s1. The molecule has 3 N–H and O–H groups in total. The Labute approximate surface area is 182 Å². The van der Waals surface area contributed by atoms with Crippen molar-refractivity contribution in [1.82, 2.24) is 4.98 Å². The van der Waals surface area contributed by atoms with Gasteiger partial charge in [-0.3, -0.25) is 0 Å². The first-order valence-corrected chi connectivity index (χ1v) is 11.9. The van der Waals surface area contributed by atoms with Gasteiger partial charge in [0.25, 0.3) is 0 Å². The highest BCUT2D eigenvalue weighted by atomic mass is 32.2. The quantitative estimate of drug-likeness (QED) is 0.574. The Bertz CT molecular complexity index is 1240. The number of ether oxygens (including phenoxy) is 3. The SMILES string of the molecule is Cc1ccc2c(c1)[C@@H](C)Oc1cc(cnc1N)-c1cc(S(C)(=N)=O)ccc1OCCO2. The lowest BCUT2D eigenvalue weighted by Crippen LogP contribution is -2.12. The highest BCUT2D eigenvalue weighted by Crippen LogP contribution is 2.38. The number of fused-ring (bicyclic) bond motifs is 5. The zero-order valence-corrected chi connectivity index (χ0v) is 18.5. The van der Waals surface area contributed by atoms with Crippen LogP contribution in [0.4, 0.5) is 5.82 Å². The fourth-order valence-corrected chi connectivity index (χ4v) is 4.14. The molecule has 1 aliphatic rings. The molecule has 1 unspecified atom stereocenters. The van der Waals surface area contributed by atoms with Crippen molar-refractivity contribution in [2.75, 3.05) is 25.2 Å². The van der Waals surface area contributed by atoms with Gasteiger partial charge in [-0.15, -0.1) is 0 Å². The van der Waals surface area contributed by atoms with E-state index >= 15 is 0 Å². The molecule has 0 saturated heterocycles. The summed E-state index contributed by atoms with van der Waals surface area (Å²) in [6.45, 7) is 4.60. The molecule has 2 heterocycles. The second-order valence-corrected chi connectivity index (χ2v) is 9.77. The number of nitrogens with one attached hydrogen (secondary N) is 1. The summed E-state index contributed by atoms with van der Waals surface area (Å²) < 4.78 is 38.4. The minimum Gasteiger partial charge on any atom is -0.490 e. The van der Waals surface area contributed by atoms with Crippen LogP contribution in [0.5, 0.6) is 17.2 Å². The van der Waals surface area contributed by atoms with Crippen LogP contribution in [-0.4, -0.2) is 28.7 Å². The molecule has 2 bridgehead atoms. The molecule has 1 aliphatic heterocycles. The number of pyridine rings is 1. The van der Waals surface area contributed by atoms with Gasteiger partial charge in [-0.2, -0.15) is 0 Å². The van der Waals surface area contributed by atoms with E-state index in [1.807, 2.05) is 32.0 Å². The van der Waals surface area contributed by atoms with Gasteiger partial charge in [0.15, 0.2) is 11.6 Å². The number of nitrogens with two attached hydrogens (primary N) is 1. The van der Waals surface area contributed by atoms with E-state index in [9.17, 15) is 4.21 Å². The van der Waals surface area contributed by atoms with Crippen molar-refractivity contribution in [2.45, 2.75) is 24.8 Å². The molecule has 0 fully saturated rings. The molecule has 162 valence electrons. The predicted octanol–water partition coefficient (Wildman–Crippen LogP) is 4.59. The molecular weight excluding hydrogens is 414 g/mol. The number of nitrogens with zero attached hydrogens (tertiary/aromatic N) is 1. The highest BCUT2D eigenvalue weighted by molar-refractivity contribution is 7.91. The van der Waals surface area contributed by atoms with Gasteiger partial charge in [-0.25, -0.2) is 14.0 Å². The lowest BCUT2D eigenvalue weighted by molar-refractivity contribution is 0.198. The maximum absolute atomic E-state index is 12.3. The van der Waals surface area contributed by atoms with Crippen molar-refractivity contribution < 1.29 is 18.4 Å². The lowest BCUT2D eigenvalue weighted by Gasteiger charge is -2.20. The number of rotatable bonds is 1. The second-order valence-electron chi connectivity index (χ2n) is 7.61. The van der Waals surface area contributed by atoms with E-state index in [1.165, 1.54) is 6.26 Å². The Morgan fingerprint density at radius 1 is 1.06 bits per heavy atom. The molecule has 0 saturated carbocycles. The Balaban J connectivity index is 1.85. The van der Waals surface area contributed by atoms with E-state index in [1.54, 1.807) is 30.5 Å². The van der Waals surface area contributed by atoms with Gasteiger partial charge >= 0.3 is 0 Å². The van der Waals surface area contributed by atoms with Crippen molar-refractivity contribution in [2.24, 2.45) is 0 Å². The van der Waals surface area contributed by atoms with Crippen molar-refractivity contribution in [3.8, 4) is 28.4 Å². The summed E-state index contributed by atoms with van der Waals surface area (Å²) in [4.78, 5) is 4.71. The summed E-state index contributed by atoms with van der Waals surface area (Å²) >= 11 is 0. The molecule has 8 heteroatoms. The third-order valence-corrected chi connectivity index (χ3v) is 6.25. The average Bonchev–Trinajstić information content (AvgIpc) is 2.73. The Morgan fingerprint density at radius 3 is 2.52 bits per heavy atom. The maximum Gasteiger partial charge on any atom is 0.166 e. The topological polar surface area (TPSA) is 108 Å². The minimum atomic E-state index is -2.90. The molecule has 0 aliphatic carbocycles. The molecule has 3 aromatic rings. The molecule has 1 aromatic heterocycles. The molecule has 4 rings (SSSR count). The summed E-state index contributed by atoms with van der Waals surface area (Å²) in [7, 11) is -2.90. The fourth-order valence-electron chi connectivity index (χ4n) is 3.47. The summed E-state index contributed by atoms with van der Waals surface area (Å²) in [6.07, 6.45) is 2.68. The van der Waals surface area contributed by atoms with Crippen LogP contribution in [0.2, 0.25) is 0 Å². The van der Waals surface area contributed by atoms with Crippen LogP contribution in [0.25, 0.3) is 11.1 Å². The number of aryl methyl sites for hydroxylation is 1. The van der Waals surface area contributed by atoms with E-state index in [0.29, 0.717) is 40.7 Å². The van der Waals surface area contributed by atoms with E-state index < -0.39 is 9.73 Å². The molecule has 0 amide bonds. The largest absolute Gasteiger partial charge is 0.490 e. The number of hydrogen-bond donors (Lipinski definition) is 2. The van der Waals surface area contributed by atoms with Gasteiger partial charge in [-0.1, -0.05) is 11.6 Å². The van der Waals surface area contributed by atoms with Crippen LogP contribution in [0.15, 0.2) is 53.6 Å². The average molecular weight is 440 g/mol. The first-order chi connectivity index (χ1) is 14.7. The molecule has 2 atom stereocenters. The van der Waals surface area contributed by atoms with Crippen molar-refractivity contribution in [3.05, 3.63) is 59.8 Å². The van der Waals surface area contributed by atoms with Gasteiger partial charge in [0, 0.05) is 34.0 Å². The summed E-state index contributed by atoms with van der Waals surface area (Å²) in [5.41, 5.74) is 9.46. The van der Waals surface area contributed by atoms with Crippen LogP contribution < -0.4 is 19.9 Å². The summed E-state index contributed by atoms with van der Waals surface area (Å²) in [5, 5.41) is 0. The Hall–Kier alpha value is -3.26. The van der Waals surface area contributed by atoms with Gasteiger partial charge in [0.05, 0.1) is 9.73 Å². The Morgan fingerprint density at radius 2 is 1.77 bits per heavy atom. The predicted molar refractivity (Wildman–Crippen MR) is 120 cm³/mol. The van der Waals surface area contributed by atoms with Crippen LogP contribution in [0.3, 0.4) is 0 Å². The lowest BCUT2D eigenvalue weighted by atomic mass is 10.1. The minimum absolute atomic E-state index is 0.263. The molecule has 0 radical (unpaired) electrons. The van der Waals surface area contributed by atoms with Crippen LogP contribution >= 0.6 is 0 Å². The second kappa shape index (κ2) is 8.11. The van der Waals surface area contributed by atoms with Gasteiger partial charge in [0.1, 0.15) is 30.8 Å².